The summed E-state index contributed by atoms with van der Waals surface area (Å²) in [6, 6.07) is 14.9. The average Bonchev–Trinajstić information content (AvgIpc) is 3.09. The van der Waals surface area contributed by atoms with E-state index in [1.807, 2.05) is 37.3 Å². The smallest absolute Gasteiger partial charge is 0.227 e. The van der Waals surface area contributed by atoms with Crippen molar-refractivity contribution in [1.29, 1.82) is 0 Å². The van der Waals surface area contributed by atoms with Crippen LogP contribution in [0.3, 0.4) is 0 Å². The summed E-state index contributed by atoms with van der Waals surface area (Å²) in [6.07, 6.45) is 0.174. The Kier molecular flexibility index (Phi) is 5.64. The lowest BCUT2D eigenvalue weighted by Crippen LogP contribution is -2.34. The number of carbonyl (C=O) groups excluding carboxylic acids is 2. The van der Waals surface area contributed by atoms with E-state index in [1.54, 1.807) is 37.3 Å². The van der Waals surface area contributed by atoms with E-state index in [9.17, 15) is 9.59 Å². The topological polar surface area (TPSA) is 67.9 Å². The fourth-order valence-electron chi connectivity index (χ4n) is 3.28. The van der Waals surface area contributed by atoms with E-state index < -0.39 is 5.92 Å². The molecule has 1 saturated heterocycles. The summed E-state index contributed by atoms with van der Waals surface area (Å²) in [7, 11) is 3.12. The minimum atomic E-state index is -0.403. The summed E-state index contributed by atoms with van der Waals surface area (Å²) in [4.78, 5) is 26.8. The predicted molar refractivity (Wildman–Crippen MR) is 103 cm³/mol. The number of benzene rings is 2. The van der Waals surface area contributed by atoms with Gasteiger partial charge in [-0.15, -0.1) is 0 Å². The number of carbonyl (C=O) groups is 2. The number of hydrogen-bond donors (Lipinski definition) is 1. The van der Waals surface area contributed by atoms with Crippen molar-refractivity contribution in [2.24, 2.45) is 5.92 Å². The van der Waals surface area contributed by atoms with Crippen molar-refractivity contribution in [3.63, 3.8) is 0 Å². The lowest BCUT2D eigenvalue weighted by Gasteiger charge is -2.21. The van der Waals surface area contributed by atoms with E-state index >= 15 is 0 Å². The van der Waals surface area contributed by atoms with Crippen molar-refractivity contribution in [1.82, 2.24) is 5.32 Å². The van der Waals surface area contributed by atoms with Gasteiger partial charge in [0.05, 0.1) is 31.9 Å². The molecule has 2 atom stereocenters. The molecule has 142 valence electrons. The zero-order chi connectivity index (χ0) is 19.4. The van der Waals surface area contributed by atoms with Gasteiger partial charge in [0, 0.05) is 19.0 Å². The molecule has 6 heteroatoms. The van der Waals surface area contributed by atoms with Crippen LogP contribution in [0.25, 0.3) is 0 Å². The highest BCUT2D eigenvalue weighted by atomic mass is 16.5. The summed E-state index contributed by atoms with van der Waals surface area (Å²) >= 11 is 0. The van der Waals surface area contributed by atoms with Crippen molar-refractivity contribution >= 4 is 17.5 Å². The zero-order valence-corrected chi connectivity index (χ0v) is 15.8. The molecule has 0 saturated carbocycles. The molecule has 6 nitrogen and oxygen atoms in total. The maximum Gasteiger partial charge on any atom is 0.227 e. The van der Waals surface area contributed by atoms with Gasteiger partial charge in [0.1, 0.15) is 11.5 Å². The first-order valence-corrected chi connectivity index (χ1v) is 8.91. The van der Waals surface area contributed by atoms with Gasteiger partial charge < -0.3 is 19.7 Å². The Labute approximate surface area is 159 Å². The fraction of sp³-hybridized carbons (Fsp3) is 0.333. The Hall–Kier alpha value is -3.02. The van der Waals surface area contributed by atoms with Crippen molar-refractivity contribution < 1.29 is 19.1 Å². The molecule has 0 radical (unpaired) electrons. The normalized spacial score (nSPS) is 17.5. The van der Waals surface area contributed by atoms with Crippen molar-refractivity contribution in [2.45, 2.75) is 19.4 Å². The molecule has 2 unspecified atom stereocenters. The summed E-state index contributed by atoms with van der Waals surface area (Å²) in [5.74, 6) is 0.574. The van der Waals surface area contributed by atoms with E-state index in [0.29, 0.717) is 23.7 Å². The molecule has 2 aromatic rings. The molecule has 27 heavy (non-hydrogen) atoms. The first-order valence-electron chi connectivity index (χ1n) is 8.91. The highest BCUT2D eigenvalue weighted by Gasteiger charge is 2.36. The van der Waals surface area contributed by atoms with Gasteiger partial charge in [-0.2, -0.15) is 0 Å². The molecule has 1 N–H and O–H groups in total. The second kappa shape index (κ2) is 8.12. The van der Waals surface area contributed by atoms with E-state index in [-0.39, 0.29) is 24.3 Å². The molecule has 0 aliphatic carbocycles. The third kappa shape index (κ3) is 4.05. The van der Waals surface area contributed by atoms with E-state index in [4.69, 9.17) is 9.47 Å². The Balaban J connectivity index is 1.73. The standard InChI is InChI=1S/C21H24N2O4/c1-14(15-7-5-4-6-8-15)22-21(25)16-11-20(24)23(13-16)18-12-17(26-2)9-10-19(18)27-3/h4-10,12,14,16H,11,13H2,1-3H3,(H,22,25). The quantitative estimate of drug-likeness (QED) is 0.851. The second-order valence-electron chi connectivity index (χ2n) is 6.58. The number of ether oxygens (including phenoxy) is 2. The molecule has 3 rings (SSSR count). The van der Waals surface area contributed by atoms with Crippen LogP contribution in [0, 0.1) is 5.92 Å². The van der Waals surface area contributed by atoms with Crippen molar-refractivity contribution in [3.05, 3.63) is 54.1 Å². The third-order valence-electron chi connectivity index (χ3n) is 4.83. The van der Waals surface area contributed by atoms with Crippen LogP contribution in [0.4, 0.5) is 5.69 Å². The molecule has 1 aliphatic rings. The van der Waals surface area contributed by atoms with Gasteiger partial charge in [0.15, 0.2) is 0 Å². The van der Waals surface area contributed by atoms with E-state index in [0.717, 1.165) is 5.56 Å². The van der Waals surface area contributed by atoms with Gasteiger partial charge in [-0.25, -0.2) is 0 Å². The van der Waals surface area contributed by atoms with Crippen LogP contribution in [0.5, 0.6) is 11.5 Å². The van der Waals surface area contributed by atoms with Crippen LogP contribution in [0.2, 0.25) is 0 Å². The summed E-state index contributed by atoms with van der Waals surface area (Å²) in [5, 5.41) is 3.01. The molecule has 1 aliphatic heterocycles. The maximum atomic E-state index is 12.7. The molecular formula is C21H24N2O4. The molecule has 0 spiro atoms. The minimum Gasteiger partial charge on any atom is -0.497 e. The van der Waals surface area contributed by atoms with E-state index in [1.165, 1.54) is 0 Å². The molecule has 0 bridgehead atoms. The van der Waals surface area contributed by atoms with Gasteiger partial charge in [-0.1, -0.05) is 30.3 Å². The highest BCUT2D eigenvalue weighted by Crippen LogP contribution is 2.36. The van der Waals surface area contributed by atoms with Gasteiger partial charge in [0.25, 0.3) is 0 Å². The number of anilines is 1. The molecular weight excluding hydrogens is 344 g/mol. The van der Waals surface area contributed by atoms with Crippen LogP contribution in [-0.2, 0) is 9.59 Å². The van der Waals surface area contributed by atoms with Gasteiger partial charge >= 0.3 is 0 Å². The van der Waals surface area contributed by atoms with Crippen molar-refractivity contribution in [3.8, 4) is 11.5 Å². The van der Waals surface area contributed by atoms with Crippen LogP contribution >= 0.6 is 0 Å². The Morgan fingerprint density at radius 2 is 1.89 bits per heavy atom. The predicted octanol–water partition coefficient (Wildman–Crippen LogP) is 2.93. The SMILES string of the molecule is COc1ccc(OC)c(N2CC(C(=O)NC(C)c3ccccc3)CC2=O)c1. The van der Waals surface area contributed by atoms with Crippen molar-refractivity contribution in [2.75, 3.05) is 25.7 Å². The highest BCUT2D eigenvalue weighted by molar-refractivity contribution is 6.01. The van der Waals surface area contributed by atoms with Gasteiger partial charge in [-0.3, -0.25) is 9.59 Å². The van der Waals surface area contributed by atoms with Crippen LogP contribution < -0.4 is 19.7 Å². The van der Waals surface area contributed by atoms with Crippen LogP contribution in [0.15, 0.2) is 48.5 Å². The molecule has 2 amide bonds. The molecule has 2 aromatic carbocycles. The second-order valence-corrected chi connectivity index (χ2v) is 6.58. The summed E-state index contributed by atoms with van der Waals surface area (Å²) in [5.41, 5.74) is 1.65. The Bertz CT molecular complexity index is 822. The number of nitrogens with one attached hydrogen (secondary N) is 1. The van der Waals surface area contributed by atoms with Gasteiger partial charge in [0.2, 0.25) is 11.8 Å². The van der Waals surface area contributed by atoms with Crippen LogP contribution in [-0.4, -0.2) is 32.6 Å². The lowest BCUT2D eigenvalue weighted by atomic mass is 10.1. The first kappa shape index (κ1) is 18.8. The molecule has 1 fully saturated rings. The Morgan fingerprint density at radius 3 is 2.56 bits per heavy atom. The Morgan fingerprint density at radius 1 is 1.15 bits per heavy atom. The number of nitrogens with zero attached hydrogens (tertiary/aromatic N) is 1. The first-order chi connectivity index (χ1) is 13.0. The number of rotatable bonds is 6. The number of amides is 2. The zero-order valence-electron chi connectivity index (χ0n) is 15.8. The number of hydrogen-bond acceptors (Lipinski definition) is 4. The summed E-state index contributed by atoms with van der Waals surface area (Å²) in [6.45, 7) is 2.25. The summed E-state index contributed by atoms with van der Waals surface area (Å²) < 4.78 is 10.6. The van der Waals surface area contributed by atoms with Gasteiger partial charge in [-0.05, 0) is 24.6 Å². The minimum absolute atomic E-state index is 0.103. The third-order valence-corrected chi connectivity index (χ3v) is 4.83. The number of methoxy groups -OCH3 is 2. The largest absolute Gasteiger partial charge is 0.497 e. The lowest BCUT2D eigenvalue weighted by molar-refractivity contribution is -0.126. The fourth-order valence-corrected chi connectivity index (χ4v) is 3.28. The van der Waals surface area contributed by atoms with E-state index in [2.05, 4.69) is 5.32 Å². The monoisotopic (exact) mass is 368 g/mol. The molecule has 0 aromatic heterocycles. The van der Waals surface area contributed by atoms with Crippen LogP contribution in [0.1, 0.15) is 24.9 Å². The average molecular weight is 368 g/mol. The maximum absolute atomic E-state index is 12.7. The molecule has 1 heterocycles.